The smallest absolute Gasteiger partial charge is 0.191 e. The molecule has 3 N–H and O–H groups in total. The maximum Gasteiger partial charge on any atom is 0.191 e. The monoisotopic (exact) mass is 411 g/mol. The molecule has 0 spiro atoms. The van der Waals surface area contributed by atoms with E-state index in [1.807, 2.05) is 56.4 Å². The van der Waals surface area contributed by atoms with Gasteiger partial charge in [-0.15, -0.1) is 0 Å². The number of aromatic nitrogens is 2. The summed E-state index contributed by atoms with van der Waals surface area (Å²) in [6, 6.07) is 13.2. The van der Waals surface area contributed by atoms with E-state index < -0.39 is 5.60 Å². The zero-order chi connectivity index (χ0) is 21.6. The van der Waals surface area contributed by atoms with Crippen LogP contribution in [0.2, 0.25) is 0 Å². The number of nitrogens with one attached hydrogen (secondary N) is 2. The summed E-state index contributed by atoms with van der Waals surface area (Å²) in [7, 11) is 1.64. The van der Waals surface area contributed by atoms with Gasteiger partial charge in [-0.25, -0.2) is 9.67 Å². The summed E-state index contributed by atoms with van der Waals surface area (Å²) in [5.74, 6) is 2.68. The molecule has 1 unspecified atom stereocenters. The third-order valence-corrected chi connectivity index (χ3v) is 4.60. The summed E-state index contributed by atoms with van der Waals surface area (Å²) in [5.41, 5.74) is 0.623. The van der Waals surface area contributed by atoms with Crippen LogP contribution >= 0.6 is 0 Å². The average molecular weight is 412 g/mol. The molecule has 0 aliphatic heterocycles. The number of ether oxygens (including phenoxy) is 1. The summed E-state index contributed by atoms with van der Waals surface area (Å²) in [4.78, 5) is 4.58. The van der Waals surface area contributed by atoms with Gasteiger partial charge < -0.3 is 24.9 Å². The Morgan fingerprint density at radius 1 is 1.20 bits per heavy atom. The largest absolute Gasteiger partial charge is 0.497 e. The molecule has 0 saturated heterocycles. The van der Waals surface area contributed by atoms with Gasteiger partial charge in [0.25, 0.3) is 0 Å². The Hall–Kier alpha value is -3.26. The zero-order valence-corrected chi connectivity index (χ0v) is 17.8. The first-order valence-corrected chi connectivity index (χ1v) is 9.91. The molecule has 0 aliphatic rings. The summed E-state index contributed by atoms with van der Waals surface area (Å²) >= 11 is 0. The van der Waals surface area contributed by atoms with E-state index in [4.69, 9.17) is 9.15 Å². The van der Waals surface area contributed by atoms with E-state index in [1.54, 1.807) is 24.8 Å². The highest BCUT2D eigenvalue weighted by molar-refractivity contribution is 5.79. The number of methoxy groups -OCH3 is 1. The number of hydrogen-bond acceptors (Lipinski definition) is 5. The third kappa shape index (κ3) is 5.42. The van der Waals surface area contributed by atoms with E-state index in [2.05, 4.69) is 20.7 Å². The Balaban J connectivity index is 1.63. The average Bonchev–Trinajstić information content (AvgIpc) is 3.40. The Labute approximate surface area is 176 Å². The first-order valence-electron chi connectivity index (χ1n) is 9.91. The molecule has 160 valence electrons. The fourth-order valence-corrected chi connectivity index (χ4v) is 2.89. The van der Waals surface area contributed by atoms with Crippen LogP contribution in [0.25, 0.3) is 5.69 Å². The molecular formula is C22H29N5O3. The molecule has 3 aromatic rings. The number of furan rings is 1. The lowest BCUT2D eigenvalue weighted by Crippen LogP contribution is -2.44. The van der Waals surface area contributed by atoms with Crippen molar-refractivity contribution in [3.05, 3.63) is 65.9 Å². The van der Waals surface area contributed by atoms with Gasteiger partial charge in [0.1, 0.15) is 22.9 Å². The SMILES string of the molecule is CCNC(=NCc1ccn(-c2ccc(OC)cc2)n1)NCC(C)(O)c1ccc(C)o1. The molecule has 0 aliphatic carbocycles. The molecule has 30 heavy (non-hydrogen) atoms. The number of aryl methyl sites for hydroxylation is 1. The van der Waals surface area contributed by atoms with Crippen molar-refractivity contribution >= 4 is 5.96 Å². The van der Waals surface area contributed by atoms with E-state index in [1.165, 1.54) is 0 Å². The second-order valence-electron chi connectivity index (χ2n) is 7.18. The van der Waals surface area contributed by atoms with Gasteiger partial charge in [0.2, 0.25) is 0 Å². The summed E-state index contributed by atoms with van der Waals surface area (Å²) < 4.78 is 12.5. The standard InChI is InChI=1S/C22H29N5O3/c1-5-23-21(25-15-22(3,28)20-11-6-16(2)30-20)24-14-17-12-13-27(26-17)18-7-9-19(29-4)10-8-18/h6-13,28H,5,14-15H2,1-4H3,(H2,23,24,25). The summed E-state index contributed by atoms with van der Waals surface area (Å²) in [5, 5.41) is 21.6. The summed E-state index contributed by atoms with van der Waals surface area (Å²) in [6.07, 6.45) is 1.90. The van der Waals surface area contributed by atoms with E-state index in [0.29, 0.717) is 24.8 Å². The number of guanidine groups is 1. The lowest BCUT2D eigenvalue weighted by molar-refractivity contribution is 0.0378. The number of aliphatic imine (C=N–C) groups is 1. The maximum absolute atomic E-state index is 10.7. The van der Waals surface area contributed by atoms with Crippen LogP contribution in [0, 0.1) is 6.92 Å². The molecular weight excluding hydrogens is 382 g/mol. The molecule has 8 nitrogen and oxygen atoms in total. The molecule has 2 heterocycles. The molecule has 3 rings (SSSR count). The van der Waals surface area contributed by atoms with Crippen LogP contribution in [0.3, 0.4) is 0 Å². The van der Waals surface area contributed by atoms with E-state index >= 15 is 0 Å². The predicted octanol–water partition coefficient (Wildman–Crippen LogP) is 2.75. The topological polar surface area (TPSA) is 96.8 Å². The molecule has 1 atom stereocenters. The minimum atomic E-state index is -1.15. The van der Waals surface area contributed by atoms with Gasteiger partial charge in [-0.2, -0.15) is 5.10 Å². The van der Waals surface area contributed by atoms with Crippen LogP contribution in [0.1, 0.15) is 31.1 Å². The minimum Gasteiger partial charge on any atom is -0.497 e. The Bertz CT molecular complexity index is 973. The molecule has 2 aromatic heterocycles. The van der Waals surface area contributed by atoms with Crippen LogP contribution in [0.4, 0.5) is 0 Å². The van der Waals surface area contributed by atoms with E-state index in [9.17, 15) is 5.11 Å². The van der Waals surface area contributed by atoms with Gasteiger partial charge in [0, 0.05) is 12.7 Å². The number of aliphatic hydroxyl groups is 1. The molecule has 8 heteroatoms. The van der Waals surface area contributed by atoms with Crippen LogP contribution in [-0.4, -0.2) is 41.0 Å². The fourth-order valence-electron chi connectivity index (χ4n) is 2.89. The zero-order valence-electron chi connectivity index (χ0n) is 17.8. The highest BCUT2D eigenvalue weighted by atomic mass is 16.5. The third-order valence-electron chi connectivity index (χ3n) is 4.60. The number of rotatable bonds is 8. The van der Waals surface area contributed by atoms with Crippen LogP contribution < -0.4 is 15.4 Å². The second-order valence-corrected chi connectivity index (χ2v) is 7.18. The number of benzene rings is 1. The van der Waals surface area contributed by atoms with Gasteiger partial charge in [-0.3, -0.25) is 0 Å². The van der Waals surface area contributed by atoms with Crippen molar-refractivity contribution in [2.45, 2.75) is 32.9 Å². The predicted molar refractivity (Wildman–Crippen MR) is 116 cm³/mol. The van der Waals surface area contributed by atoms with Gasteiger partial charge in [0.15, 0.2) is 5.96 Å². The molecule has 0 bridgehead atoms. The van der Waals surface area contributed by atoms with Gasteiger partial charge in [0.05, 0.1) is 31.6 Å². The van der Waals surface area contributed by atoms with Crippen LogP contribution in [-0.2, 0) is 12.1 Å². The Kier molecular flexibility index (Phi) is 6.79. The minimum absolute atomic E-state index is 0.256. The molecule has 0 saturated carbocycles. The van der Waals surface area contributed by atoms with Crippen molar-refractivity contribution < 1.29 is 14.3 Å². The quantitative estimate of drug-likeness (QED) is 0.390. The van der Waals surface area contributed by atoms with Gasteiger partial charge in [-0.05, 0) is 63.2 Å². The summed E-state index contributed by atoms with van der Waals surface area (Å²) in [6.45, 7) is 6.91. The van der Waals surface area contributed by atoms with Gasteiger partial charge in [-0.1, -0.05) is 0 Å². The molecule has 0 radical (unpaired) electrons. The Morgan fingerprint density at radius 3 is 2.60 bits per heavy atom. The first-order chi connectivity index (χ1) is 14.4. The highest BCUT2D eigenvalue weighted by Crippen LogP contribution is 2.22. The van der Waals surface area contributed by atoms with Gasteiger partial charge >= 0.3 is 0 Å². The van der Waals surface area contributed by atoms with E-state index in [-0.39, 0.29) is 6.54 Å². The number of nitrogens with zero attached hydrogens (tertiary/aromatic N) is 3. The lowest BCUT2D eigenvalue weighted by Gasteiger charge is -2.22. The second kappa shape index (κ2) is 9.49. The maximum atomic E-state index is 10.7. The fraction of sp³-hybridized carbons (Fsp3) is 0.364. The molecule has 0 amide bonds. The van der Waals surface area contributed by atoms with Crippen LogP contribution in [0.5, 0.6) is 5.75 Å². The van der Waals surface area contributed by atoms with Crippen molar-refractivity contribution in [2.24, 2.45) is 4.99 Å². The Morgan fingerprint density at radius 2 is 1.97 bits per heavy atom. The van der Waals surface area contributed by atoms with E-state index in [0.717, 1.165) is 22.9 Å². The molecule has 1 aromatic carbocycles. The lowest BCUT2D eigenvalue weighted by atomic mass is 10.0. The van der Waals surface area contributed by atoms with Crippen molar-refractivity contribution in [1.29, 1.82) is 0 Å². The van der Waals surface area contributed by atoms with Crippen LogP contribution in [0.15, 0.2) is 58.1 Å². The van der Waals surface area contributed by atoms with Crippen molar-refractivity contribution in [3.8, 4) is 11.4 Å². The number of hydrogen-bond donors (Lipinski definition) is 3. The first kappa shape index (κ1) is 21.4. The van der Waals surface area contributed by atoms with Crippen molar-refractivity contribution in [2.75, 3.05) is 20.2 Å². The normalized spacial score (nSPS) is 13.7. The highest BCUT2D eigenvalue weighted by Gasteiger charge is 2.27. The van der Waals surface area contributed by atoms with Crippen molar-refractivity contribution in [1.82, 2.24) is 20.4 Å². The molecule has 0 fully saturated rings. The van der Waals surface area contributed by atoms with Crippen molar-refractivity contribution in [3.63, 3.8) is 0 Å².